The zero-order valence-electron chi connectivity index (χ0n) is 23.0. The number of halogens is 2. The van der Waals surface area contributed by atoms with Crippen LogP contribution in [0.15, 0.2) is 71.8 Å². The van der Waals surface area contributed by atoms with Crippen molar-refractivity contribution in [2.75, 3.05) is 11.9 Å². The van der Waals surface area contributed by atoms with Crippen LogP contribution in [0.5, 0.6) is 11.5 Å². The molecule has 2 aromatic carbocycles. The number of rotatable bonds is 11. The molecule has 9 nitrogen and oxygen atoms in total. The van der Waals surface area contributed by atoms with E-state index in [1.165, 1.54) is 47.2 Å². The highest BCUT2D eigenvalue weighted by Crippen LogP contribution is 2.34. The molecule has 5 aromatic rings. The molecule has 0 unspecified atom stereocenters. The molecule has 0 fully saturated rings. The lowest BCUT2D eigenvalue weighted by atomic mass is 10.0. The molecule has 0 amide bonds. The first kappa shape index (κ1) is 28.6. The van der Waals surface area contributed by atoms with Gasteiger partial charge in [-0.3, -0.25) is 19.3 Å². The third-order valence-electron chi connectivity index (χ3n) is 6.68. The molecule has 0 aliphatic carbocycles. The SMILES string of the molecule is CCCc1cc(C(=O)Cc2ccc(Oc3ccnc4[nH]nc(N[C@H](C)CO)c34)c(F)c2)c(=O)n(-c2ccc(F)cc2)c1. The van der Waals surface area contributed by atoms with Gasteiger partial charge in [-0.05, 0) is 66.9 Å². The first-order valence-corrected chi connectivity index (χ1v) is 13.5. The third-order valence-corrected chi connectivity index (χ3v) is 6.68. The number of pyridine rings is 2. The van der Waals surface area contributed by atoms with Crippen molar-refractivity contribution in [3.63, 3.8) is 0 Å². The second kappa shape index (κ2) is 12.3. The van der Waals surface area contributed by atoms with E-state index in [4.69, 9.17) is 4.74 Å². The maximum atomic E-state index is 15.2. The number of aryl methyl sites for hydroxylation is 1. The lowest BCUT2D eigenvalue weighted by Gasteiger charge is -2.13. The fraction of sp³-hybridized carbons (Fsp3) is 0.226. The fourth-order valence-electron chi connectivity index (χ4n) is 4.58. The summed E-state index contributed by atoms with van der Waals surface area (Å²) in [5.41, 5.74) is 1.44. The van der Waals surface area contributed by atoms with E-state index in [1.54, 1.807) is 31.3 Å². The number of nitrogens with one attached hydrogen (secondary N) is 2. The van der Waals surface area contributed by atoms with Crippen molar-refractivity contribution in [1.82, 2.24) is 19.7 Å². The van der Waals surface area contributed by atoms with Gasteiger partial charge in [-0.1, -0.05) is 19.4 Å². The zero-order valence-corrected chi connectivity index (χ0v) is 23.0. The van der Waals surface area contributed by atoms with E-state index in [9.17, 15) is 19.1 Å². The number of benzene rings is 2. The van der Waals surface area contributed by atoms with Crippen LogP contribution in [0.4, 0.5) is 14.6 Å². The molecule has 1 atom stereocenters. The minimum atomic E-state index is -0.699. The van der Waals surface area contributed by atoms with Crippen LogP contribution in [0, 0.1) is 11.6 Å². The van der Waals surface area contributed by atoms with Crippen molar-refractivity contribution in [2.24, 2.45) is 0 Å². The van der Waals surface area contributed by atoms with Gasteiger partial charge in [0.05, 0.1) is 12.2 Å². The van der Waals surface area contributed by atoms with Gasteiger partial charge in [-0.2, -0.15) is 5.10 Å². The average molecular weight is 574 g/mol. The first-order chi connectivity index (χ1) is 20.3. The number of aliphatic hydroxyl groups excluding tert-OH is 1. The predicted octanol–water partition coefficient (Wildman–Crippen LogP) is 5.35. The number of nitrogens with zero attached hydrogens (tertiary/aromatic N) is 3. The van der Waals surface area contributed by atoms with Crippen LogP contribution in [0.25, 0.3) is 16.7 Å². The molecule has 0 saturated carbocycles. The minimum Gasteiger partial charge on any atom is -0.453 e. The number of ether oxygens (including phenoxy) is 1. The van der Waals surface area contributed by atoms with E-state index in [-0.39, 0.29) is 36.1 Å². The molecule has 0 aliphatic rings. The van der Waals surface area contributed by atoms with Gasteiger partial charge in [0.1, 0.15) is 17.0 Å². The summed E-state index contributed by atoms with van der Waals surface area (Å²) in [5.74, 6) is -0.995. The Morgan fingerprint density at radius 3 is 2.60 bits per heavy atom. The molecule has 0 radical (unpaired) electrons. The van der Waals surface area contributed by atoms with Gasteiger partial charge in [0.15, 0.2) is 28.8 Å². The predicted molar refractivity (Wildman–Crippen MR) is 155 cm³/mol. The lowest BCUT2D eigenvalue weighted by molar-refractivity contribution is 0.0991. The number of anilines is 1. The zero-order chi connectivity index (χ0) is 29.8. The molecule has 216 valence electrons. The molecule has 3 aromatic heterocycles. The van der Waals surface area contributed by atoms with Gasteiger partial charge in [-0.15, -0.1) is 0 Å². The summed E-state index contributed by atoms with van der Waals surface area (Å²) in [6.07, 6.45) is 4.37. The summed E-state index contributed by atoms with van der Waals surface area (Å²) in [4.78, 5) is 30.8. The van der Waals surface area contributed by atoms with Gasteiger partial charge in [0.2, 0.25) is 0 Å². The Hall–Kier alpha value is -4.90. The number of hydrogen-bond donors (Lipinski definition) is 3. The van der Waals surface area contributed by atoms with Crippen molar-refractivity contribution < 1.29 is 23.4 Å². The smallest absolute Gasteiger partial charge is 0.265 e. The number of hydrogen-bond acceptors (Lipinski definition) is 7. The highest BCUT2D eigenvalue weighted by atomic mass is 19.1. The maximum Gasteiger partial charge on any atom is 0.265 e. The quantitative estimate of drug-likeness (QED) is 0.182. The van der Waals surface area contributed by atoms with Crippen molar-refractivity contribution in [3.8, 4) is 17.2 Å². The summed E-state index contributed by atoms with van der Waals surface area (Å²) >= 11 is 0. The first-order valence-electron chi connectivity index (χ1n) is 13.5. The number of ketones is 1. The van der Waals surface area contributed by atoms with Crippen LogP contribution in [-0.4, -0.2) is 43.3 Å². The number of H-pyrrole nitrogens is 1. The van der Waals surface area contributed by atoms with Crippen LogP contribution in [0.2, 0.25) is 0 Å². The van der Waals surface area contributed by atoms with Crippen LogP contribution in [0.1, 0.15) is 41.8 Å². The third kappa shape index (κ3) is 6.06. The molecule has 0 spiro atoms. The normalized spacial score (nSPS) is 11.9. The Labute approximate surface area is 239 Å². The van der Waals surface area contributed by atoms with Gasteiger partial charge in [0.25, 0.3) is 5.56 Å². The highest BCUT2D eigenvalue weighted by molar-refractivity contribution is 5.97. The maximum absolute atomic E-state index is 15.2. The molecule has 3 N–H and O–H groups in total. The fourth-order valence-corrected chi connectivity index (χ4v) is 4.58. The largest absolute Gasteiger partial charge is 0.453 e. The van der Waals surface area contributed by atoms with Gasteiger partial charge >= 0.3 is 0 Å². The Kier molecular flexibility index (Phi) is 8.39. The molecule has 3 heterocycles. The molecule has 0 saturated heterocycles. The minimum absolute atomic E-state index is 0.0257. The number of Topliss-reactive ketones (excluding diaryl/α,β-unsaturated/α-hetero) is 1. The topological polar surface area (TPSA) is 122 Å². The highest BCUT2D eigenvalue weighted by Gasteiger charge is 2.19. The van der Waals surface area contributed by atoms with Crippen molar-refractivity contribution in [2.45, 2.75) is 39.2 Å². The summed E-state index contributed by atoms with van der Waals surface area (Å²) in [6.45, 7) is 3.63. The van der Waals surface area contributed by atoms with E-state index in [2.05, 4.69) is 20.5 Å². The molecule has 0 bridgehead atoms. The second-order valence-electron chi connectivity index (χ2n) is 9.96. The van der Waals surface area contributed by atoms with E-state index in [0.29, 0.717) is 34.5 Å². The Morgan fingerprint density at radius 2 is 1.88 bits per heavy atom. The van der Waals surface area contributed by atoms with Gasteiger partial charge in [0, 0.05) is 36.6 Å². The van der Waals surface area contributed by atoms with Crippen molar-refractivity contribution in [1.29, 1.82) is 0 Å². The van der Waals surface area contributed by atoms with Gasteiger partial charge in [-0.25, -0.2) is 13.8 Å². The number of aromatic nitrogens is 4. The summed E-state index contributed by atoms with van der Waals surface area (Å²) in [7, 11) is 0. The van der Waals surface area contributed by atoms with Crippen LogP contribution >= 0.6 is 0 Å². The molecule has 42 heavy (non-hydrogen) atoms. The molecule has 11 heteroatoms. The molecule has 0 aliphatic heterocycles. The van der Waals surface area contributed by atoms with Crippen molar-refractivity contribution >= 4 is 22.6 Å². The molecule has 5 rings (SSSR count). The monoisotopic (exact) mass is 573 g/mol. The Balaban J connectivity index is 1.40. The number of aliphatic hydroxyl groups is 1. The van der Waals surface area contributed by atoms with Crippen LogP contribution in [0.3, 0.4) is 0 Å². The number of carbonyl (C=O) groups is 1. The van der Waals surface area contributed by atoms with Crippen LogP contribution < -0.4 is 15.6 Å². The summed E-state index contributed by atoms with van der Waals surface area (Å²) in [5, 5.41) is 19.9. The second-order valence-corrected chi connectivity index (χ2v) is 9.96. The van der Waals surface area contributed by atoms with E-state index in [0.717, 1.165) is 12.0 Å². The Morgan fingerprint density at radius 1 is 1.10 bits per heavy atom. The molecular formula is C31H29F2N5O4. The van der Waals surface area contributed by atoms with E-state index < -0.39 is 23.0 Å². The summed E-state index contributed by atoms with van der Waals surface area (Å²) in [6, 6.07) is 12.5. The lowest BCUT2D eigenvalue weighted by Crippen LogP contribution is -2.26. The summed E-state index contributed by atoms with van der Waals surface area (Å²) < 4.78 is 35.9. The number of aromatic amines is 1. The standard InChI is InChI=1S/C31H29F2N5O4/c1-3-4-20-13-23(31(41)38(16-20)22-8-6-21(32)7-9-22)25(40)15-19-5-10-26(24(33)14-19)42-27-11-12-34-29-28(27)30(37-36-29)35-18(2)17-39/h5-14,16,18,39H,3-4,15,17H2,1-2H3,(H2,34,35,36,37)/t18-/m1/s1. The van der Waals surface area contributed by atoms with E-state index in [1.807, 2.05) is 6.92 Å². The van der Waals surface area contributed by atoms with Crippen LogP contribution in [-0.2, 0) is 12.8 Å². The van der Waals surface area contributed by atoms with Gasteiger partial charge < -0.3 is 15.2 Å². The number of carbonyl (C=O) groups excluding carboxylic acids is 1. The van der Waals surface area contributed by atoms with E-state index >= 15 is 4.39 Å². The Bertz CT molecular complexity index is 1800. The molecular weight excluding hydrogens is 544 g/mol. The number of fused-ring (bicyclic) bond motifs is 1. The van der Waals surface area contributed by atoms with Crippen molar-refractivity contribution in [3.05, 3.63) is 106 Å². The average Bonchev–Trinajstić information content (AvgIpc) is 3.39.